The predicted molar refractivity (Wildman–Crippen MR) is 57.4 cm³/mol. The Bertz CT molecular complexity index is 405. The zero-order chi connectivity index (χ0) is 11.3. The maximum absolute atomic E-state index is 11.1. The summed E-state index contributed by atoms with van der Waals surface area (Å²) in [7, 11) is 0. The summed E-state index contributed by atoms with van der Waals surface area (Å²) in [4.78, 5) is 21.8. The molecule has 0 spiro atoms. The average molecular weight is 204 g/mol. The van der Waals surface area contributed by atoms with Gasteiger partial charge in [0.15, 0.2) is 5.78 Å². The minimum Gasteiger partial charge on any atom is -0.507 e. The highest BCUT2D eigenvalue weighted by atomic mass is 16.3. The van der Waals surface area contributed by atoms with Crippen molar-refractivity contribution < 1.29 is 14.7 Å². The number of Topliss-reactive ketones (excluding diaryl/α,β-unsaturated/α-hetero) is 1. The highest BCUT2D eigenvalue weighted by Gasteiger charge is 2.01. The minimum absolute atomic E-state index is 0.0932. The molecule has 1 rings (SSSR count). The number of carbonyl (C=O) groups is 2. The van der Waals surface area contributed by atoms with Gasteiger partial charge in [-0.1, -0.05) is 18.2 Å². The molecule has 78 valence electrons. The maximum atomic E-state index is 11.1. The van der Waals surface area contributed by atoms with Gasteiger partial charge >= 0.3 is 0 Å². The van der Waals surface area contributed by atoms with E-state index in [0.717, 1.165) is 0 Å². The van der Waals surface area contributed by atoms with Crippen LogP contribution >= 0.6 is 0 Å². The van der Waals surface area contributed by atoms with Gasteiger partial charge in [-0.2, -0.15) is 0 Å². The molecule has 0 aliphatic carbocycles. The molecular formula is C12H12O3. The second kappa shape index (κ2) is 5.10. The quantitative estimate of drug-likeness (QED) is 0.602. The van der Waals surface area contributed by atoms with Crippen molar-refractivity contribution in [2.24, 2.45) is 0 Å². The van der Waals surface area contributed by atoms with Gasteiger partial charge in [0.05, 0.1) is 6.42 Å². The lowest BCUT2D eigenvalue weighted by molar-refractivity contribution is -0.123. The van der Waals surface area contributed by atoms with E-state index in [1.165, 1.54) is 25.1 Å². The highest BCUT2D eigenvalue weighted by Crippen LogP contribution is 2.16. The summed E-state index contributed by atoms with van der Waals surface area (Å²) < 4.78 is 0. The maximum Gasteiger partial charge on any atom is 0.163 e. The summed E-state index contributed by atoms with van der Waals surface area (Å²) in [5.41, 5.74) is 0.564. The van der Waals surface area contributed by atoms with Crippen molar-refractivity contribution in [3.05, 3.63) is 35.9 Å². The number of carbonyl (C=O) groups excluding carboxylic acids is 2. The Labute approximate surface area is 88.0 Å². The van der Waals surface area contributed by atoms with Gasteiger partial charge in [0.25, 0.3) is 0 Å². The second-order valence-corrected chi connectivity index (χ2v) is 3.24. The number of phenols is 1. The average Bonchev–Trinajstić information content (AvgIpc) is 2.15. The predicted octanol–water partition coefficient (Wildman–Crippen LogP) is 1.95. The van der Waals surface area contributed by atoms with Gasteiger partial charge < -0.3 is 5.11 Å². The van der Waals surface area contributed by atoms with Crippen LogP contribution in [0.4, 0.5) is 0 Å². The molecule has 0 saturated carbocycles. The van der Waals surface area contributed by atoms with Crippen LogP contribution in [0, 0.1) is 0 Å². The van der Waals surface area contributed by atoms with Gasteiger partial charge in [0, 0.05) is 5.56 Å². The van der Waals surface area contributed by atoms with E-state index in [4.69, 9.17) is 0 Å². The lowest BCUT2D eigenvalue weighted by atomic mass is 10.1. The Morgan fingerprint density at radius 2 is 2.00 bits per heavy atom. The van der Waals surface area contributed by atoms with E-state index >= 15 is 0 Å². The van der Waals surface area contributed by atoms with Crippen LogP contribution in [0.3, 0.4) is 0 Å². The molecule has 0 unspecified atom stereocenters. The van der Waals surface area contributed by atoms with Gasteiger partial charge in [0.2, 0.25) is 0 Å². The Morgan fingerprint density at radius 3 is 2.60 bits per heavy atom. The number of allylic oxidation sites excluding steroid dienone is 1. The van der Waals surface area contributed by atoms with E-state index in [1.54, 1.807) is 18.2 Å². The van der Waals surface area contributed by atoms with Crippen molar-refractivity contribution >= 4 is 17.6 Å². The summed E-state index contributed by atoms with van der Waals surface area (Å²) in [6.07, 6.45) is 2.71. The highest BCUT2D eigenvalue weighted by molar-refractivity contribution is 6.05. The number of phenolic OH excluding ortho intramolecular Hbond substituents is 1. The first-order valence-corrected chi connectivity index (χ1v) is 4.58. The molecular weight excluding hydrogens is 192 g/mol. The van der Waals surface area contributed by atoms with Crippen LogP contribution in [0.5, 0.6) is 5.75 Å². The zero-order valence-electron chi connectivity index (χ0n) is 8.43. The smallest absolute Gasteiger partial charge is 0.163 e. The van der Waals surface area contributed by atoms with Gasteiger partial charge in [0.1, 0.15) is 11.5 Å². The van der Waals surface area contributed by atoms with Crippen LogP contribution in [0.25, 0.3) is 6.08 Å². The van der Waals surface area contributed by atoms with Crippen LogP contribution in [0.1, 0.15) is 18.9 Å². The molecule has 0 fully saturated rings. The summed E-state index contributed by atoms with van der Waals surface area (Å²) in [5, 5.41) is 9.38. The molecule has 0 saturated heterocycles. The standard InChI is InChI=1S/C12H12O3/c1-9(13)8-11(14)7-6-10-4-2-3-5-12(10)15/h2-7,15H,8H2,1H3/b7-6+. The van der Waals surface area contributed by atoms with E-state index in [9.17, 15) is 14.7 Å². The van der Waals surface area contributed by atoms with Crippen molar-refractivity contribution in [3.63, 3.8) is 0 Å². The summed E-state index contributed by atoms with van der Waals surface area (Å²) in [6, 6.07) is 6.68. The molecule has 1 aromatic carbocycles. The Morgan fingerprint density at radius 1 is 1.33 bits per heavy atom. The largest absolute Gasteiger partial charge is 0.507 e. The number of hydrogen-bond donors (Lipinski definition) is 1. The van der Waals surface area contributed by atoms with Gasteiger partial charge in [-0.15, -0.1) is 0 Å². The van der Waals surface area contributed by atoms with Crippen molar-refractivity contribution in [2.75, 3.05) is 0 Å². The van der Waals surface area contributed by atoms with E-state index < -0.39 is 0 Å². The molecule has 0 heterocycles. The minimum atomic E-state index is -0.259. The van der Waals surface area contributed by atoms with E-state index in [0.29, 0.717) is 5.56 Å². The van der Waals surface area contributed by atoms with Crippen molar-refractivity contribution in [2.45, 2.75) is 13.3 Å². The molecule has 1 aromatic rings. The molecule has 3 heteroatoms. The van der Waals surface area contributed by atoms with Crippen LogP contribution in [0.2, 0.25) is 0 Å². The zero-order valence-corrected chi connectivity index (χ0v) is 8.43. The van der Waals surface area contributed by atoms with Crippen molar-refractivity contribution in [3.8, 4) is 5.75 Å². The van der Waals surface area contributed by atoms with Gasteiger partial charge in [-0.25, -0.2) is 0 Å². The molecule has 0 amide bonds. The molecule has 0 radical (unpaired) electrons. The number of benzene rings is 1. The fourth-order valence-electron chi connectivity index (χ4n) is 1.12. The van der Waals surface area contributed by atoms with E-state index in [2.05, 4.69) is 0 Å². The molecule has 0 aliphatic rings. The van der Waals surface area contributed by atoms with Crippen LogP contribution < -0.4 is 0 Å². The third-order valence-corrected chi connectivity index (χ3v) is 1.81. The molecule has 0 aromatic heterocycles. The van der Waals surface area contributed by atoms with Gasteiger partial charge in [-0.3, -0.25) is 9.59 Å². The number of ketones is 2. The first kappa shape index (κ1) is 11.2. The van der Waals surface area contributed by atoms with Crippen molar-refractivity contribution in [1.82, 2.24) is 0 Å². The first-order valence-electron chi connectivity index (χ1n) is 4.58. The fourth-order valence-corrected chi connectivity index (χ4v) is 1.12. The van der Waals surface area contributed by atoms with Crippen LogP contribution in [-0.4, -0.2) is 16.7 Å². The third-order valence-electron chi connectivity index (χ3n) is 1.81. The molecule has 0 bridgehead atoms. The third kappa shape index (κ3) is 3.77. The lowest BCUT2D eigenvalue weighted by Crippen LogP contribution is -1.99. The number of rotatable bonds is 4. The van der Waals surface area contributed by atoms with Crippen LogP contribution in [0.15, 0.2) is 30.3 Å². The first-order chi connectivity index (χ1) is 7.09. The normalized spacial score (nSPS) is 10.5. The SMILES string of the molecule is CC(=O)CC(=O)/C=C/c1ccccc1O. The van der Waals surface area contributed by atoms with Crippen LogP contribution in [-0.2, 0) is 9.59 Å². The monoisotopic (exact) mass is 204 g/mol. The van der Waals surface area contributed by atoms with E-state index in [1.807, 2.05) is 0 Å². The fraction of sp³-hybridized carbons (Fsp3) is 0.167. The topological polar surface area (TPSA) is 54.4 Å². The number of hydrogen-bond acceptors (Lipinski definition) is 3. The van der Waals surface area contributed by atoms with E-state index in [-0.39, 0.29) is 23.7 Å². The molecule has 1 N–H and O–H groups in total. The Balaban J connectivity index is 2.70. The second-order valence-electron chi connectivity index (χ2n) is 3.24. The lowest BCUT2D eigenvalue weighted by Gasteiger charge is -1.96. The Kier molecular flexibility index (Phi) is 3.80. The Hall–Kier alpha value is -1.90. The molecule has 0 aliphatic heterocycles. The summed E-state index contributed by atoms with van der Waals surface area (Å²) in [6.45, 7) is 1.37. The number of para-hydroxylation sites is 1. The van der Waals surface area contributed by atoms with Gasteiger partial charge in [-0.05, 0) is 25.1 Å². The number of aromatic hydroxyl groups is 1. The summed E-state index contributed by atoms with van der Waals surface area (Å²) >= 11 is 0. The summed E-state index contributed by atoms with van der Waals surface area (Å²) in [5.74, 6) is -0.308. The van der Waals surface area contributed by atoms with Crippen molar-refractivity contribution in [1.29, 1.82) is 0 Å². The molecule has 15 heavy (non-hydrogen) atoms. The molecule has 0 atom stereocenters. The molecule has 3 nitrogen and oxygen atoms in total.